The van der Waals surface area contributed by atoms with E-state index in [1.165, 1.54) is 25.7 Å². The van der Waals surface area contributed by atoms with E-state index in [4.69, 9.17) is 38.9 Å². The van der Waals surface area contributed by atoms with Gasteiger partial charge in [0.05, 0.1) is 37.3 Å². The highest BCUT2D eigenvalue weighted by Gasteiger charge is 2.43. The quantitative estimate of drug-likeness (QED) is 0.119. The highest BCUT2D eigenvalue weighted by atomic mass is 16.5. The molecule has 3 aromatic heterocycles. The van der Waals surface area contributed by atoms with Crippen LogP contribution < -0.4 is 18.9 Å². The second-order valence-electron chi connectivity index (χ2n) is 17.5. The van der Waals surface area contributed by atoms with Crippen LogP contribution in [-0.2, 0) is 0 Å². The van der Waals surface area contributed by atoms with Gasteiger partial charge >= 0.3 is 0 Å². The van der Waals surface area contributed by atoms with Crippen LogP contribution in [0.3, 0.4) is 0 Å². The molecule has 314 valence electrons. The number of piperidine rings is 6. The maximum Gasteiger partial charge on any atom is 0.229 e. The molecule has 4 atom stereocenters. The van der Waals surface area contributed by atoms with Gasteiger partial charge in [-0.15, -0.1) is 0 Å². The van der Waals surface area contributed by atoms with Crippen molar-refractivity contribution in [1.82, 2.24) is 29.7 Å². The van der Waals surface area contributed by atoms with Gasteiger partial charge in [-0.1, -0.05) is 60.7 Å². The lowest BCUT2D eigenvalue weighted by Crippen LogP contribution is -2.52. The number of rotatable bonds is 12. The standard InChI is InChI=1S/C52H52N6O4/c1-59-37-13-15-43-41(31-37)39(17-23-53-43)48(45-29-33-19-25-57(45)26-20-33)61-51-47(35-9-5-3-6-10-35)52(56-50(55-51)36-11-7-4-8-12-36)62-49(46-30-34-21-27-58(46)28-22-34)40-18-24-54-44-16-14-38(60-2)32-42(40)44/h3-18,23-24,31-34,45-46,48-49H,19-22,25-30H2,1-2H3/t45-,46?,48?,49?/m0/s1. The molecule has 7 aromatic rings. The highest BCUT2D eigenvalue weighted by molar-refractivity contribution is 5.85. The van der Waals surface area contributed by atoms with Gasteiger partial charge in [0.25, 0.3) is 0 Å². The summed E-state index contributed by atoms with van der Waals surface area (Å²) in [7, 11) is 3.43. The summed E-state index contributed by atoms with van der Waals surface area (Å²) in [5, 5.41) is 2.02. The van der Waals surface area contributed by atoms with Gasteiger partial charge in [-0.25, -0.2) is 0 Å². The summed E-state index contributed by atoms with van der Waals surface area (Å²) in [4.78, 5) is 25.7. The summed E-state index contributed by atoms with van der Waals surface area (Å²) < 4.78 is 26.9. The van der Waals surface area contributed by atoms with E-state index in [1.54, 1.807) is 14.2 Å². The first-order valence-electron chi connectivity index (χ1n) is 22.3. The molecule has 10 heteroatoms. The van der Waals surface area contributed by atoms with Crippen molar-refractivity contribution in [2.24, 2.45) is 11.8 Å². The zero-order valence-corrected chi connectivity index (χ0v) is 35.4. The van der Waals surface area contributed by atoms with Gasteiger partial charge in [-0.05, 0) is 131 Å². The van der Waals surface area contributed by atoms with Gasteiger partial charge in [0.15, 0.2) is 5.82 Å². The lowest BCUT2D eigenvalue weighted by atomic mass is 9.79. The Balaban J connectivity index is 1.13. The Kier molecular flexibility index (Phi) is 10.4. The van der Waals surface area contributed by atoms with Gasteiger partial charge in [-0.3, -0.25) is 19.8 Å². The van der Waals surface area contributed by atoms with E-state index >= 15 is 0 Å². The Morgan fingerprint density at radius 1 is 0.532 bits per heavy atom. The summed E-state index contributed by atoms with van der Waals surface area (Å²) in [6.45, 7) is 4.19. The molecule has 3 unspecified atom stereocenters. The van der Waals surface area contributed by atoms with Crippen molar-refractivity contribution in [2.45, 2.75) is 62.8 Å². The maximum atomic E-state index is 7.67. The minimum absolute atomic E-state index is 0.124. The summed E-state index contributed by atoms with van der Waals surface area (Å²) in [6, 6.07) is 37.3. The molecule has 4 bridgehead atoms. The summed E-state index contributed by atoms with van der Waals surface area (Å²) in [5.41, 5.74) is 6.46. The molecule has 6 fully saturated rings. The molecule has 0 amide bonds. The van der Waals surface area contributed by atoms with Gasteiger partial charge in [0, 0.05) is 39.9 Å². The van der Waals surface area contributed by atoms with Crippen molar-refractivity contribution < 1.29 is 18.9 Å². The first kappa shape index (κ1) is 38.8. The summed E-state index contributed by atoms with van der Waals surface area (Å²) in [5.74, 6) is 4.39. The smallest absolute Gasteiger partial charge is 0.229 e. The molecular formula is C52H52N6O4. The molecule has 6 aliphatic heterocycles. The first-order valence-corrected chi connectivity index (χ1v) is 22.3. The van der Waals surface area contributed by atoms with E-state index in [0.29, 0.717) is 29.4 Å². The Bertz CT molecular complexity index is 2560. The van der Waals surface area contributed by atoms with Gasteiger partial charge < -0.3 is 18.9 Å². The number of hydrogen-bond acceptors (Lipinski definition) is 10. The van der Waals surface area contributed by atoms with Crippen LogP contribution in [0.1, 0.15) is 61.9 Å². The largest absolute Gasteiger partial charge is 0.497 e. The van der Waals surface area contributed by atoms with Gasteiger partial charge in [0.2, 0.25) is 11.8 Å². The lowest BCUT2D eigenvalue weighted by molar-refractivity contribution is -0.0199. The van der Waals surface area contributed by atoms with Gasteiger partial charge in [-0.2, -0.15) is 9.97 Å². The SMILES string of the molecule is COc1ccc2nccc(C(Oc3nc(-c4ccccc4)nc(OC(c4ccnc5ccc(OC)cc45)[C@@H]4CC5CCN4CC5)c3-c3ccccc3)C3CC4CCN3CC4)c2c1. The molecule has 0 aliphatic carbocycles. The van der Waals surface area contributed by atoms with Crippen LogP contribution in [0.4, 0.5) is 0 Å². The monoisotopic (exact) mass is 824 g/mol. The van der Waals surface area contributed by atoms with E-state index < -0.39 is 0 Å². The van der Waals surface area contributed by atoms with Crippen LogP contribution >= 0.6 is 0 Å². The average Bonchev–Trinajstić information content (AvgIpc) is 3.35. The molecule has 6 saturated heterocycles. The Morgan fingerprint density at radius 2 is 0.984 bits per heavy atom. The van der Waals surface area contributed by atoms with E-state index in [1.807, 2.05) is 60.9 Å². The van der Waals surface area contributed by atoms with Crippen molar-refractivity contribution in [3.63, 3.8) is 0 Å². The number of pyridine rings is 2. The normalized spacial score (nSPS) is 23.8. The van der Waals surface area contributed by atoms with Crippen LogP contribution in [-0.4, -0.2) is 82.2 Å². The number of nitrogens with zero attached hydrogens (tertiary/aromatic N) is 6. The topological polar surface area (TPSA) is 95.0 Å². The predicted molar refractivity (Wildman–Crippen MR) is 242 cm³/mol. The molecule has 4 aromatic carbocycles. The molecule has 0 N–H and O–H groups in total. The van der Waals surface area contributed by atoms with Crippen molar-refractivity contribution in [2.75, 3.05) is 40.4 Å². The van der Waals surface area contributed by atoms with Crippen molar-refractivity contribution in [1.29, 1.82) is 0 Å². The fraction of sp³-hybridized carbons (Fsp3) is 0.346. The van der Waals surface area contributed by atoms with Crippen molar-refractivity contribution in [3.05, 3.63) is 133 Å². The zero-order valence-electron chi connectivity index (χ0n) is 35.4. The summed E-state index contributed by atoms with van der Waals surface area (Å²) in [6.07, 6.45) is 9.99. The minimum atomic E-state index is -0.378. The Labute approximate surface area is 362 Å². The molecule has 0 spiro atoms. The van der Waals surface area contributed by atoms with E-state index in [2.05, 4.69) is 70.5 Å². The molecule has 6 aliphatic rings. The molecule has 9 heterocycles. The number of hydrogen-bond donors (Lipinski definition) is 0. The fourth-order valence-electron chi connectivity index (χ4n) is 10.8. The second kappa shape index (κ2) is 16.6. The number of fused-ring (bicyclic) bond motifs is 8. The van der Waals surface area contributed by atoms with Crippen LogP contribution in [0.5, 0.6) is 23.3 Å². The van der Waals surface area contributed by atoms with E-state index in [9.17, 15) is 0 Å². The van der Waals surface area contributed by atoms with Crippen molar-refractivity contribution >= 4 is 21.8 Å². The Morgan fingerprint density at radius 3 is 1.40 bits per heavy atom. The Hall–Kier alpha value is -6.10. The van der Waals surface area contributed by atoms with Crippen LogP contribution in [0.25, 0.3) is 44.3 Å². The lowest BCUT2D eigenvalue weighted by Gasteiger charge is -2.48. The second-order valence-corrected chi connectivity index (χ2v) is 17.5. The molecule has 0 saturated carbocycles. The van der Waals surface area contributed by atoms with Crippen LogP contribution in [0.2, 0.25) is 0 Å². The van der Waals surface area contributed by atoms with Crippen LogP contribution in [0.15, 0.2) is 122 Å². The average molecular weight is 825 g/mol. The third-order valence-corrected chi connectivity index (χ3v) is 14.1. The predicted octanol–water partition coefficient (Wildman–Crippen LogP) is 10.1. The molecule has 13 rings (SSSR count). The maximum absolute atomic E-state index is 7.67. The third kappa shape index (κ3) is 7.28. The fourth-order valence-corrected chi connectivity index (χ4v) is 10.8. The molecule has 0 radical (unpaired) electrons. The van der Waals surface area contributed by atoms with Crippen molar-refractivity contribution in [3.8, 4) is 45.8 Å². The number of aromatic nitrogens is 4. The zero-order chi connectivity index (χ0) is 41.6. The minimum Gasteiger partial charge on any atom is -0.497 e. The van der Waals surface area contributed by atoms with Crippen LogP contribution in [0, 0.1) is 11.8 Å². The number of methoxy groups -OCH3 is 2. The van der Waals surface area contributed by atoms with E-state index in [-0.39, 0.29) is 24.3 Å². The third-order valence-electron chi connectivity index (χ3n) is 14.1. The highest BCUT2D eigenvalue weighted by Crippen LogP contribution is 2.48. The first-order chi connectivity index (χ1) is 30.6. The molecule has 10 nitrogen and oxygen atoms in total. The van der Waals surface area contributed by atoms with Gasteiger partial charge in [0.1, 0.15) is 29.3 Å². The molecular weight excluding hydrogens is 773 g/mol. The number of benzene rings is 4. The molecule has 62 heavy (non-hydrogen) atoms. The number of ether oxygens (including phenoxy) is 4. The van der Waals surface area contributed by atoms with E-state index in [0.717, 1.165) is 100 Å². The summed E-state index contributed by atoms with van der Waals surface area (Å²) >= 11 is 0.